The van der Waals surface area contributed by atoms with Crippen molar-refractivity contribution in [1.29, 1.82) is 0 Å². The molecular formula is C24H28N3O4. The van der Waals surface area contributed by atoms with Gasteiger partial charge >= 0.3 is 0 Å². The minimum atomic E-state index is -0.696. The molecule has 3 rings (SSSR count). The van der Waals surface area contributed by atoms with Crippen molar-refractivity contribution < 1.29 is 19.1 Å². The molecule has 1 aliphatic heterocycles. The zero-order valence-electron chi connectivity index (χ0n) is 17.5. The summed E-state index contributed by atoms with van der Waals surface area (Å²) in [6.07, 6.45) is 3.23. The third-order valence-electron chi connectivity index (χ3n) is 5.24. The van der Waals surface area contributed by atoms with Gasteiger partial charge in [-0.1, -0.05) is 42.5 Å². The number of carbonyl (C=O) groups excluding carboxylic acids is 3. The Hall–Kier alpha value is -3.35. The van der Waals surface area contributed by atoms with Gasteiger partial charge in [0.2, 0.25) is 17.7 Å². The van der Waals surface area contributed by atoms with Gasteiger partial charge in [0.1, 0.15) is 18.3 Å². The molecule has 1 saturated heterocycles. The number of nitrogens with two attached hydrogens (primary N) is 1. The molecule has 0 aliphatic carbocycles. The largest absolute Gasteiger partial charge is 0.489 e. The summed E-state index contributed by atoms with van der Waals surface area (Å²) in [6, 6.07) is 17.6. The molecule has 1 unspecified atom stereocenters. The van der Waals surface area contributed by atoms with E-state index in [1.165, 1.54) is 0 Å². The van der Waals surface area contributed by atoms with E-state index >= 15 is 0 Å². The van der Waals surface area contributed by atoms with Crippen LogP contribution in [-0.4, -0.2) is 42.3 Å². The summed E-state index contributed by atoms with van der Waals surface area (Å²) in [5, 5.41) is 2.83. The Bertz CT molecular complexity index is 883. The van der Waals surface area contributed by atoms with Gasteiger partial charge in [0.05, 0.1) is 6.42 Å². The van der Waals surface area contributed by atoms with Crippen molar-refractivity contribution >= 4 is 17.7 Å². The Balaban J connectivity index is 1.30. The molecule has 0 saturated carbocycles. The van der Waals surface area contributed by atoms with E-state index in [9.17, 15) is 14.4 Å². The van der Waals surface area contributed by atoms with Crippen LogP contribution in [0.2, 0.25) is 0 Å². The molecule has 3 amide bonds. The van der Waals surface area contributed by atoms with Crippen LogP contribution in [0.1, 0.15) is 24.0 Å². The van der Waals surface area contributed by atoms with Gasteiger partial charge in [-0.15, -0.1) is 0 Å². The number of nitrogens with one attached hydrogen (secondary N) is 1. The van der Waals surface area contributed by atoms with E-state index in [1.54, 1.807) is 11.3 Å². The normalized spacial score (nSPS) is 15.7. The van der Waals surface area contributed by atoms with Crippen LogP contribution in [0.5, 0.6) is 5.75 Å². The standard InChI is InChI=1S/C24H28N3O4/c25-23(29)21-13-16-27(24(21)30)15-4-14-26-22(28)12-9-18-7-10-20(11-8-18)31-17-19-5-2-1-3-6-19/h1-3,5-8,10-12,21H,4,9,13-17H2,(H2,25,29)(H,26,28). The number of rotatable bonds is 11. The Morgan fingerprint density at radius 2 is 1.84 bits per heavy atom. The number of benzene rings is 2. The lowest BCUT2D eigenvalue weighted by Crippen LogP contribution is -2.35. The Labute approximate surface area is 182 Å². The lowest BCUT2D eigenvalue weighted by Gasteiger charge is -2.16. The Kier molecular flexibility index (Phi) is 8.04. The number of ether oxygens (including phenoxy) is 1. The molecule has 3 N–H and O–H groups in total. The molecule has 0 bridgehead atoms. The molecular weight excluding hydrogens is 394 g/mol. The van der Waals surface area contributed by atoms with E-state index in [2.05, 4.69) is 5.32 Å². The molecule has 163 valence electrons. The van der Waals surface area contributed by atoms with Crippen LogP contribution >= 0.6 is 0 Å². The fourth-order valence-corrected chi connectivity index (χ4v) is 3.45. The molecule has 2 aromatic rings. The number of hydrogen-bond donors (Lipinski definition) is 2. The minimum absolute atomic E-state index is 0.146. The van der Waals surface area contributed by atoms with E-state index < -0.39 is 11.8 Å². The predicted molar refractivity (Wildman–Crippen MR) is 117 cm³/mol. The summed E-state index contributed by atoms with van der Waals surface area (Å²) in [5.41, 5.74) is 7.34. The average Bonchev–Trinajstić information content (AvgIpc) is 3.16. The van der Waals surface area contributed by atoms with Crippen molar-refractivity contribution in [2.75, 3.05) is 19.6 Å². The predicted octanol–water partition coefficient (Wildman–Crippen LogP) is 1.85. The number of nitrogens with zero attached hydrogens (tertiary/aromatic N) is 1. The van der Waals surface area contributed by atoms with Crippen LogP contribution < -0.4 is 15.8 Å². The first kappa shape index (κ1) is 22.3. The molecule has 1 radical (unpaired) electrons. The highest BCUT2D eigenvalue weighted by atomic mass is 16.5. The van der Waals surface area contributed by atoms with Gasteiger partial charge in [-0.2, -0.15) is 0 Å². The van der Waals surface area contributed by atoms with Crippen molar-refractivity contribution in [1.82, 2.24) is 10.2 Å². The maximum atomic E-state index is 12.0. The van der Waals surface area contributed by atoms with E-state index in [0.717, 1.165) is 16.9 Å². The van der Waals surface area contributed by atoms with Crippen molar-refractivity contribution in [3.05, 3.63) is 72.1 Å². The fourth-order valence-electron chi connectivity index (χ4n) is 3.45. The molecule has 1 fully saturated rings. The van der Waals surface area contributed by atoms with Gasteiger partial charge in [-0.3, -0.25) is 14.4 Å². The zero-order chi connectivity index (χ0) is 22.1. The van der Waals surface area contributed by atoms with E-state index in [0.29, 0.717) is 45.5 Å². The van der Waals surface area contributed by atoms with Gasteiger partial charge in [-0.25, -0.2) is 0 Å². The third-order valence-corrected chi connectivity index (χ3v) is 5.24. The second kappa shape index (κ2) is 11.2. The molecule has 1 atom stereocenters. The van der Waals surface area contributed by atoms with Crippen LogP contribution in [0.3, 0.4) is 0 Å². The van der Waals surface area contributed by atoms with Gasteiger partial charge in [0, 0.05) is 19.6 Å². The van der Waals surface area contributed by atoms with Crippen LogP contribution in [0.15, 0.2) is 54.6 Å². The molecule has 0 aromatic heterocycles. The molecule has 1 aliphatic rings. The van der Waals surface area contributed by atoms with Crippen molar-refractivity contribution in [2.45, 2.75) is 25.9 Å². The number of carbonyl (C=O) groups is 3. The Morgan fingerprint density at radius 1 is 1.10 bits per heavy atom. The van der Waals surface area contributed by atoms with E-state index in [1.807, 2.05) is 54.6 Å². The SMILES string of the molecule is NC(=O)C1CCN(CCCNC(=O)[CH]Cc2ccc(OCc3ccccc3)cc2)C1=O. The first-order valence-corrected chi connectivity index (χ1v) is 10.5. The summed E-state index contributed by atoms with van der Waals surface area (Å²) >= 11 is 0. The third kappa shape index (κ3) is 6.84. The van der Waals surface area contributed by atoms with Crippen molar-refractivity contribution in [3.63, 3.8) is 0 Å². The fraction of sp³-hybridized carbons (Fsp3) is 0.333. The molecule has 7 nitrogen and oxygen atoms in total. The topological polar surface area (TPSA) is 102 Å². The maximum absolute atomic E-state index is 12.0. The van der Waals surface area contributed by atoms with Gasteiger partial charge in [0.25, 0.3) is 0 Å². The molecule has 2 aromatic carbocycles. The summed E-state index contributed by atoms with van der Waals surface area (Å²) in [4.78, 5) is 36.8. The van der Waals surface area contributed by atoms with Gasteiger partial charge < -0.3 is 20.7 Å². The lowest BCUT2D eigenvalue weighted by atomic mass is 10.1. The van der Waals surface area contributed by atoms with Gasteiger partial charge in [-0.05, 0) is 42.5 Å². The van der Waals surface area contributed by atoms with Crippen molar-refractivity contribution in [2.24, 2.45) is 11.7 Å². The first-order chi connectivity index (χ1) is 15.0. The van der Waals surface area contributed by atoms with Crippen LogP contribution in [0.4, 0.5) is 0 Å². The summed E-state index contributed by atoms with van der Waals surface area (Å²) in [7, 11) is 0. The second-order valence-electron chi connectivity index (χ2n) is 7.54. The van der Waals surface area contributed by atoms with E-state index in [-0.39, 0.29) is 11.8 Å². The molecule has 1 heterocycles. The van der Waals surface area contributed by atoms with Crippen LogP contribution in [0, 0.1) is 12.3 Å². The summed E-state index contributed by atoms with van der Waals surface area (Å²) < 4.78 is 5.76. The van der Waals surface area contributed by atoms with Gasteiger partial charge in [0.15, 0.2) is 0 Å². The zero-order valence-corrected chi connectivity index (χ0v) is 17.5. The lowest BCUT2D eigenvalue weighted by molar-refractivity contribution is -0.136. The highest BCUT2D eigenvalue weighted by Gasteiger charge is 2.34. The maximum Gasteiger partial charge on any atom is 0.235 e. The monoisotopic (exact) mass is 422 g/mol. The van der Waals surface area contributed by atoms with Crippen LogP contribution in [-0.2, 0) is 27.4 Å². The van der Waals surface area contributed by atoms with Crippen molar-refractivity contribution in [3.8, 4) is 5.75 Å². The Morgan fingerprint density at radius 3 is 2.52 bits per heavy atom. The van der Waals surface area contributed by atoms with Crippen LogP contribution in [0.25, 0.3) is 0 Å². The smallest absolute Gasteiger partial charge is 0.235 e. The number of hydrogen-bond acceptors (Lipinski definition) is 4. The highest BCUT2D eigenvalue weighted by Crippen LogP contribution is 2.17. The quantitative estimate of drug-likeness (QED) is 0.426. The minimum Gasteiger partial charge on any atom is -0.489 e. The highest BCUT2D eigenvalue weighted by molar-refractivity contribution is 6.00. The molecule has 31 heavy (non-hydrogen) atoms. The summed E-state index contributed by atoms with van der Waals surface area (Å²) in [6.45, 7) is 2.03. The molecule has 7 heteroatoms. The molecule has 0 spiro atoms. The summed E-state index contributed by atoms with van der Waals surface area (Å²) in [5.74, 6) is -0.829. The second-order valence-corrected chi connectivity index (χ2v) is 7.54. The average molecular weight is 423 g/mol. The first-order valence-electron chi connectivity index (χ1n) is 10.5. The van der Waals surface area contributed by atoms with E-state index in [4.69, 9.17) is 10.5 Å². The number of primary amides is 1. The number of likely N-dealkylation sites (tertiary alicyclic amines) is 1. The number of amides is 3.